The number of nitrogen functional groups attached to an aromatic ring is 1. The van der Waals surface area contributed by atoms with Gasteiger partial charge in [0.2, 0.25) is 0 Å². The van der Waals surface area contributed by atoms with E-state index in [2.05, 4.69) is 124 Å². The van der Waals surface area contributed by atoms with Gasteiger partial charge in [0, 0.05) is 44.2 Å². The molecule has 2 aliphatic heterocycles. The third-order valence-electron chi connectivity index (χ3n) is 19.2. The molecule has 0 saturated carbocycles. The summed E-state index contributed by atoms with van der Waals surface area (Å²) in [5.41, 5.74) is 23.7. The van der Waals surface area contributed by atoms with Crippen LogP contribution in [0.5, 0.6) is 5.75 Å². The number of imide groups is 1. The summed E-state index contributed by atoms with van der Waals surface area (Å²) in [5.74, 6) is -1.28. The minimum absolute atomic E-state index is 0.216. The molecule has 1 unspecified atom stereocenters. The highest BCUT2D eigenvalue weighted by Gasteiger charge is 2.64. The lowest BCUT2D eigenvalue weighted by Gasteiger charge is -2.43. The van der Waals surface area contributed by atoms with Gasteiger partial charge in [0.25, 0.3) is 5.91 Å². The van der Waals surface area contributed by atoms with Crippen LogP contribution in [0.2, 0.25) is 0 Å². The lowest BCUT2D eigenvalue weighted by molar-refractivity contribution is -0.274. The Morgan fingerprint density at radius 2 is 0.784 bits per heavy atom. The molecule has 5 amide bonds. The maximum absolute atomic E-state index is 13.9. The number of alkyl halides is 4. The Bertz CT molecular complexity index is 5580. The van der Waals surface area contributed by atoms with Crippen molar-refractivity contribution in [2.24, 2.45) is 15.0 Å². The second kappa shape index (κ2) is 45.8. The van der Waals surface area contributed by atoms with Crippen molar-refractivity contribution < 1.29 is 47.3 Å². The maximum atomic E-state index is 13.9. The Hall–Kier alpha value is -12.5. The fourth-order valence-corrected chi connectivity index (χ4v) is 12.8. The summed E-state index contributed by atoms with van der Waals surface area (Å²) >= 11 is 15.7. The van der Waals surface area contributed by atoms with Crippen molar-refractivity contribution in [2.45, 2.75) is 145 Å². The van der Waals surface area contributed by atoms with Gasteiger partial charge in [-0.3, -0.25) is 24.3 Å². The van der Waals surface area contributed by atoms with Gasteiger partial charge in [0.1, 0.15) is 21.6 Å². The van der Waals surface area contributed by atoms with Crippen LogP contribution in [-0.4, -0.2) is 72.2 Å². The first-order chi connectivity index (χ1) is 58.9. The number of halogens is 5. The lowest BCUT2D eigenvalue weighted by Crippen LogP contribution is -2.56. The molecule has 2 aliphatic rings. The third-order valence-corrected chi connectivity index (χ3v) is 20.4. The highest BCUT2D eigenvalue weighted by Crippen LogP contribution is 2.51. The largest absolute Gasteiger partial charge is 0.573 e. The summed E-state index contributed by atoms with van der Waals surface area (Å²) in [6, 6.07) is 93.8. The van der Waals surface area contributed by atoms with E-state index in [4.69, 9.17) is 23.1 Å². The number of urea groups is 2. The van der Waals surface area contributed by atoms with Crippen LogP contribution in [0.25, 0.3) is 0 Å². The number of thiocarbonyl (C=S) groups is 2. The molecule has 6 N–H and O–H groups in total. The minimum Gasteiger partial charge on any atom is -0.480 e. The number of nitrogens with zero attached hydrogens (tertiary/aromatic N) is 7. The van der Waals surface area contributed by atoms with Crippen molar-refractivity contribution in [3.63, 3.8) is 0 Å². The summed E-state index contributed by atoms with van der Waals surface area (Å²) < 4.78 is 38.3. The number of carboxylic acids is 1. The highest BCUT2D eigenvalue weighted by atomic mass is 79.9. The van der Waals surface area contributed by atoms with Crippen molar-refractivity contribution in [3.8, 4) is 5.75 Å². The van der Waals surface area contributed by atoms with E-state index in [0.717, 1.165) is 73.3 Å². The average molecular weight is 1850 g/mol. The number of rotatable bonds is 12. The van der Waals surface area contributed by atoms with Crippen molar-refractivity contribution in [3.05, 3.63) is 362 Å². The third kappa shape index (κ3) is 30.2. The molecule has 0 bridgehead atoms. The number of ether oxygens (including phenoxy) is 1. The van der Waals surface area contributed by atoms with Gasteiger partial charge in [-0.1, -0.05) is 245 Å². The number of carboxylic acid groups (broad SMARTS) is 1. The molecule has 14 rings (SSSR count). The molecule has 2 saturated heterocycles. The summed E-state index contributed by atoms with van der Waals surface area (Å²) in [5, 5.41) is 29.7. The van der Waals surface area contributed by atoms with Crippen LogP contribution in [0, 0.1) is 76.2 Å². The molecule has 17 nitrogen and oxygen atoms in total. The number of carbonyl (C=O) groups excluding carboxylic acids is 3. The number of nitrogens with one attached hydrogen (secondary N) is 2. The number of benzene rings is 12. The molecule has 2 fully saturated rings. The molecule has 0 aromatic heterocycles. The molecule has 0 radical (unpaired) electrons. The summed E-state index contributed by atoms with van der Waals surface area (Å²) in [6.07, 6.45) is -4.62. The molecular weight excluding hydrogens is 1750 g/mol. The first kappa shape index (κ1) is 99.6. The van der Waals surface area contributed by atoms with Crippen molar-refractivity contribution in [1.29, 1.82) is 0 Å². The predicted molar refractivity (Wildman–Crippen MR) is 520 cm³/mol. The van der Waals surface area contributed by atoms with E-state index in [1.54, 1.807) is 55.7 Å². The standard InChI is InChI=1S/C26H28N2O2.C19H20N2O2.C15H16N2S.C15H14N2.C8H7NS.C7H4BrF3O.C7H9N.C4H7BrO2/c1-18-9-13-22(14-10-18)27-24(29)28(23-15-11-19(2)12-16-23)26(30,25(27,4)5)21-8-6-7-20(3)17-21;1-13-5-9-15(10-6-13)20-17(22)19(3,4)21(18(20)23)16-11-7-14(2)8-12-16;1-11-3-7-13(8-4-11)16-15(18)17-14-9-5-12(2)6-10-14;1-12-3-7-14(8-4-12)16-11-17-15-9-5-13(2)6-10-15;1-7-2-4-8(5-3-7)9-6-10;8-5-2-1-3-6(4-5)12-7(9,10)11;1-6-2-4-7(8)5-3-6;1-4(2,5)3(6)7/h6-17,30H,1-5H3;5-12H,1-4H3;3-10H,1-2H3,(H2,16,17,18);3-10H,1-2H3;2-5H,1H3;1-4H;2-5H,8H2,1H3;1-2H3,(H,6,7). The van der Waals surface area contributed by atoms with Crippen LogP contribution in [0.4, 0.5) is 79.6 Å². The van der Waals surface area contributed by atoms with Crippen molar-refractivity contribution >= 4 is 153 Å². The maximum Gasteiger partial charge on any atom is 0.573 e. The number of isothiocyanates is 1. The van der Waals surface area contributed by atoms with Crippen LogP contribution in [0.1, 0.15) is 108 Å². The molecule has 125 heavy (non-hydrogen) atoms. The molecule has 0 spiro atoms. The summed E-state index contributed by atoms with van der Waals surface area (Å²) in [4.78, 5) is 67.8. The number of aliphatic hydroxyl groups is 1. The number of amides is 5. The zero-order valence-corrected chi connectivity index (χ0v) is 77.9. The minimum atomic E-state index is -4.62. The molecular formula is C101H105Br2F3N10O7S2. The molecule has 12 aromatic carbocycles. The van der Waals surface area contributed by atoms with E-state index in [0.29, 0.717) is 26.5 Å². The molecule has 2 heterocycles. The number of carbonyl (C=O) groups is 4. The zero-order chi connectivity index (χ0) is 92.2. The Labute approximate surface area is 759 Å². The molecule has 1 atom stereocenters. The van der Waals surface area contributed by atoms with Crippen LogP contribution in [0.15, 0.2) is 311 Å². The second-order valence-electron chi connectivity index (χ2n) is 31.3. The van der Waals surface area contributed by atoms with Crippen molar-refractivity contribution in [2.75, 3.05) is 36.0 Å². The molecule has 648 valence electrons. The fourth-order valence-electron chi connectivity index (χ4n) is 12.1. The van der Waals surface area contributed by atoms with E-state index in [-0.39, 0.29) is 23.7 Å². The molecule has 12 aromatic rings. The Balaban J connectivity index is 0.000000205. The number of aliphatic carboxylic acids is 1. The van der Waals surface area contributed by atoms with Gasteiger partial charge in [0.05, 0.1) is 33.4 Å². The monoisotopic (exact) mass is 1850 g/mol. The van der Waals surface area contributed by atoms with Gasteiger partial charge in [-0.15, -0.1) is 13.2 Å². The normalized spacial score (nSPS) is 13.8. The van der Waals surface area contributed by atoms with Gasteiger partial charge in [-0.05, 0) is 282 Å². The van der Waals surface area contributed by atoms with Crippen LogP contribution < -0.4 is 40.7 Å². The summed E-state index contributed by atoms with van der Waals surface area (Å²) in [6.45, 7) is 32.8. The van der Waals surface area contributed by atoms with Crippen LogP contribution in [-0.2, 0) is 15.3 Å². The first-order valence-corrected chi connectivity index (χ1v) is 42.1. The van der Waals surface area contributed by atoms with E-state index in [1.165, 1.54) is 61.4 Å². The molecule has 24 heteroatoms. The SMILES string of the molecule is CC(C)(Br)C(=O)O.Cc1ccc(N)cc1.Cc1ccc(N2C(=O)N(c3ccc(C)cc3)C(C)(C)C2=O)cc1.Cc1ccc(N2C(=O)N(c3ccc(C)cc3)C(O)(c3cccc(C)c3)C2(C)C)cc1.Cc1ccc(N=C=Nc2ccc(C)cc2)cc1.Cc1ccc(N=C=S)cc1.Cc1ccc(NC(=S)Nc2ccc(C)cc2)cc1.FC(F)(F)Oc1cccc(Br)c1. The average Bonchev–Trinajstić information content (AvgIpc) is 1.56. The summed E-state index contributed by atoms with van der Waals surface area (Å²) in [7, 11) is 0. The van der Waals surface area contributed by atoms with Crippen LogP contribution in [0.3, 0.4) is 0 Å². The number of nitrogens with two attached hydrogens (primary N) is 1. The van der Waals surface area contributed by atoms with Gasteiger partial charge in [0.15, 0.2) is 10.8 Å². The number of hydrogen-bond acceptors (Lipinski definition) is 12. The topological polar surface area (TPSA) is 218 Å². The predicted octanol–water partition coefficient (Wildman–Crippen LogP) is 27.2. The number of aliphatic imine (C=N–C) groups is 3. The smallest absolute Gasteiger partial charge is 0.480 e. The van der Waals surface area contributed by atoms with E-state index in [9.17, 15) is 37.5 Å². The zero-order valence-electron chi connectivity index (χ0n) is 73.1. The quantitative estimate of drug-likeness (QED) is 0.0254. The van der Waals surface area contributed by atoms with Gasteiger partial charge in [-0.2, -0.15) is 15.0 Å². The highest BCUT2D eigenvalue weighted by molar-refractivity contribution is 9.10. The first-order valence-electron chi connectivity index (χ1n) is 39.7. The number of anilines is 7. The number of aryl methyl sites for hydroxylation is 11. The molecule has 0 aliphatic carbocycles. The Morgan fingerprint density at radius 1 is 0.456 bits per heavy atom. The van der Waals surface area contributed by atoms with Gasteiger partial charge >= 0.3 is 24.4 Å². The lowest BCUT2D eigenvalue weighted by atomic mass is 9.83. The van der Waals surface area contributed by atoms with E-state index in [1.807, 2.05) is 307 Å². The number of hydrogen-bond donors (Lipinski definition) is 5. The fraction of sp³-hybridized carbons (Fsp3) is 0.218. The Kier molecular flexibility index (Phi) is 36.5. The Morgan fingerprint density at radius 3 is 1.13 bits per heavy atom. The van der Waals surface area contributed by atoms with Crippen LogP contribution >= 0.6 is 56.3 Å². The van der Waals surface area contributed by atoms with Crippen molar-refractivity contribution in [1.82, 2.24) is 0 Å². The second-order valence-corrected chi connectivity index (χ2v) is 34.7. The van der Waals surface area contributed by atoms with Gasteiger partial charge in [-0.25, -0.2) is 14.5 Å². The van der Waals surface area contributed by atoms with E-state index >= 15 is 0 Å². The van der Waals surface area contributed by atoms with Gasteiger partial charge < -0.3 is 31.3 Å². The van der Waals surface area contributed by atoms with E-state index < -0.39 is 33.5 Å².